The van der Waals surface area contributed by atoms with Crippen LogP contribution < -0.4 is 0 Å². The Kier molecular flexibility index (Phi) is 5.35. The van der Waals surface area contributed by atoms with Crippen LogP contribution in [-0.2, 0) is 9.59 Å². The largest absolute Gasteiger partial charge is 0.481 e. The second-order valence-electron chi connectivity index (χ2n) is 6.06. The van der Waals surface area contributed by atoms with E-state index in [4.69, 9.17) is 5.11 Å². The molecule has 5 nitrogen and oxygen atoms in total. The van der Waals surface area contributed by atoms with E-state index in [0.717, 1.165) is 12.8 Å². The van der Waals surface area contributed by atoms with Gasteiger partial charge in [0, 0.05) is 19.0 Å². The SMILES string of the molecule is CCN(CC(C)(C)O)C(=O)C1CCCC(C(=O)O)C1. The number of likely N-dealkylation sites (N-methyl/N-ethyl adjacent to an activating group) is 1. The Morgan fingerprint density at radius 2 is 1.84 bits per heavy atom. The van der Waals surface area contributed by atoms with E-state index in [1.165, 1.54) is 0 Å². The van der Waals surface area contributed by atoms with Crippen molar-refractivity contribution in [2.75, 3.05) is 13.1 Å². The van der Waals surface area contributed by atoms with Crippen molar-refractivity contribution in [1.29, 1.82) is 0 Å². The lowest BCUT2D eigenvalue weighted by Crippen LogP contribution is -2.45. The Bertz CT molecular complexity index is 335. The van der Waals surface area contributed by atoms with Crippen LogP contribution in [0.1, 0.15) is 46.5 Å². The molecule has 0 radical (unpaired) electrons. The summed E-state index contributed by atoms with van der Waals surface area (Å²) in [5.74, 6) is -1.43. The molecule has 0 aromatic heterocycles. The molecule has 1 amide bonds. The number of aliphatic carboxylic acids is 1. The molecule has 1 fully saturated rings. The number of carboxylic acids is 1. The van der Waals surface area contributed by atoms with Crippen LogP contribution >= 0.6 is 0 Å². The normalized spacial score (nSPS) is 24.0. The molecule has 0 spiro atoms. The number of carbonyl (C=O) groups is 2. The zero-order valence-electron chi connectivity index (χ0n) is 12.1. The highest BCUT2D eigenvalue weighted by Gasteiger charge is 2.34. The average Bonchev–Trinajstić information content (AvgIpc) is 2.34. The summed E-state index contributed by atoms with van der Waals surface area (Å²) in [7, 11) is 0. The molecule has 2 N–H and O–H groups in total. The molecule has 5 heteroatoms. The van der Waals surface area contributed by atoms with Crippen LogP contribution in [0.4, 0.5) is 0 Å². The maximum absolute atomic E-state index is 12.4. The van der Waals surface area contributed by atoms with E-state index < -0.39 is 17.5 Å². The minimum absolute atomic E-state index is 0.0180. The topological polar surface area (TPSA) is 77.8 Å². The molecule has 1 rings (SSSR count). The zero-order valence-corrected chi connectivity index (χ0v) is 12.1. The van der Waals surface area contributed by atoms with E-state index in [0.29, 0.717) is 19.4 Å². The molecular formula is C14H25NO4. The Balaban J connectivity index is 2.66. The van der Waals surface area contributed by atoms with Gasteiger partial charge in [-0.15, -0.1) is 0 Å². The maximum Gasteiger partial charge on any atom is 0.306 e. The quantitative estimate of drug-likeness (QED) is 0.794. The number of hydrogen-bond acceptors (Lipinski definition) is 3. The summed E-state index contributed by atoms with van der Waals surface area (Å²) in [4.78, 5) is 25.1. The monoisotopic (exact) mass is 271 g/mol. The molecule has 2 atom stereocenters. The highest BCUT2D eigenvalue weighted by atomic mass is 16.4. The maximum atomic E-state index is 12.4. The van der Waals surface area contributed by atoms with E-state index in [2.05, 4.69) is 0 Å². The van der Waals surface area contributed by atoms with Crippen molar-refractivity contribution in [2.24, 2.45) is 11.8 Å². The van der Waals surface area contributed by atoms with E-state index in [-0.39, 0.29) is 18.4 Å². The van der Waals surface area contributed by atoms with Crippen molar-refractivity contribution < 1.29 is 19.8 Å². The fraction of sp³-hybridized carbons (Fsp3) is 0.857. The fourth-order valence-electron chi connectivity index (χ4n) is 2.71. The number of aliphatic hydroxyl groups is 1. The predicted molar refractivity (Wildman–Crippen MR) is 71.6 cm³/mol. The first-order valence-corrected chi connectivity index (χ1v) is 6.98. The first-order chi connectivity index (χ1) is 8.74. The smallest absolute Gasteiger partial charge is 0.306 e. The van der Waals surface area contributed by atoms with Crippen LogP contribution in [0, 0.1) is 11.8 Å². The molecule has 0 saturated heterocycles. The number of rotatable bonds is 5. The number of amides is 1. The molecule has 1 aliphatic rings. The van der Waals surface area contributed by atoms with E-state index in [1.807, 2.05) is 6.92 Å². The summed E-state index contributed by atoms with van der Waals surface area (Å²) in [6.07, 6.45) is 2.63. The molecule has 2 unspecified atom stereocenters. The second kappa shape index (κ2) is 6.37. The molecule has 1 aliphatic carbocycles. The van der Waals surface area contributed by atoms with Crippen LogP contribution in [0.25, 0.3) is 0 Å². The minimum Gasteiger partial charge on any atom is -0.481 e. The van der Waals surface area contributed by atoms with Crippen molar-refractivity contribution in [3.05, 3.63) is 0 Å². The standard InChI is InChI=1S/C14H25NO4/c1-4-15(9-14(2,3)19)12(16)10-6-5-7-11(8-10)13(17)18/h10-11,19H,4-9H2,1-3H3,(H,17,18). The molecule has 1 saturated carbocycles. The number of carbonyl (C=O) groups excluding carboxylic acids is 1. The van der Waals surface area contributed by atoms with Gasteiger partial charge in [-0.1, -0.05) is 6.42 Å². The van der Waals surface area contributed by atoms with Crippen LogP contribution in [0.3, 0.4) is 0 Å². The van der Waals surface area contributed by atoms with Crippen molar-refractivity contribution in [3.63, 3.8) is 0 Å². The van der Waals surface area contributed by atoms with E-state index in [1.54, 1.807) is 18.7 Å². The third-order valence-corrected chi connectivity index (χ3v) is 3.64. The van der Waals surface area contributed by atoms with Gasteiger partial charge in [-0.05, 0) is 40.0 Å². The van der Waals surface area contributed by atoms with Crippen molar-refractivity contribution in [1.82, 2.24) is 4.90 Å². The minimum atomic E-state index is -0.924. The Morgan fingerprint density at radius 3 is 2.32 bits per heavy atom. The summed E-state index contributed by atoms with van der Waals surface area (Å²) in [6, 6.07) is 0. The Morgan fingerprint density at radius 1 is 1.26 bits per heavy atom. The first kappa shape index (κ1) is 16.0. The number of carboxylic acid groups (broad SMARTS) is 1. The first-order valence-electron chi connectivity index (χ1n) is 6.98. The lowest BCUT2D eigenvalue weighted by molar-refractivity contribution is -0.146. The lowest BCUT2D eigenvalue weighted by Gasteiger charge is -2.33. The lowest BCUT2D eigenvalue weighted by atomic mass is 9.80. The molecule has 0 bridgehead atoms. The number of nitrogens with zero attached hydrogens (tertiary/aromatic N) is 1. The molecule has 0 heterocycles. The van der Waals surface area contributed by atoms with Gasteiger partial charge < -0.3 is 15.1 Å². The Hall–Kier alpha value is -1.10. The van der Waals surface area contributed by atoms with Gasteiger partial charge in [0.05, 0.1) is 11.5 Å². The summed E-state index contributed by atoms with van der Waals surface area (Å²) in [5, 5.41) is 18.9. The van der Waals surface area contributed by atoms with Gasteiger partial charge in [0.2, 0.25) is 5.91 Å². The molecule has 0 aliphatic heterocycles. The average molecular weight is 271 g/mol. The van der Waals surface area contributed by atoms with Gasteiger partial charge in [-0.2, -0.15) is 0 Å². The summed E-state index contributed by atoms with van der Waals surface area (Å²) in [5.41, 5.74) is -0.924. The van der Waals surface area contributed by atoms with Crippen LogP contribution in [0.15, 0.2) is 0 Å². The van der Waals surface area contributed by atoms with Gasteiger partial charge in [-0.3, -0.25) is 9.59 Å². The van der Waals surface area contributed by atoms with E-state index >= 15 is 0 Å². The van der Waals surface area contributed by atoms with Crippen molar-refractivity contribution in [3.8, 4) is 0 Å². The zero-order chi connectivity index (χ0) is 14.6. The highest BCUT2D eigenvalue weighted by Crippen LogP contribution is 2.30. The molecule has 19 heavy (non-hydrogen) atoms. The molecule has 0 aromatic carbocycles. The molecule has 110 valence electrons. The summed E-state index contributed by atoms with van der Waals surface area (Å²) < 4.78 is 0. The number of hydrogen-bond donors (Lipinski definition) is 2. The highest BCUT2D eigenvalue weighted by molar-refractivity contribution is 5.80. The van der Waals surface area contributed by atoms with Crippen LogP contribution in [0.5, 0.6) is 0 Å². The third kappa shape index (κ3) is 4.82. The van der Waals surface area contributed by atoms with Gasteiger partial charge in [-0.25, -0.2) is 0 Å². The van der Waals surface area contributed by atoms with E-state index in [9.17, 15) is 14.7 Å². The van der Waals surface area contributed by atoms with Gasteiger partial charge >= 0.3 is 5.97 Å². The fourth-order valence-corrected chi connectivity index (χ4v) is 2.71. The Labute approximate surface area is 114 Å². The predicted octanol–water partition coefficient (Wildman–Crippen LogP) is 1.50. The van der Waals surface area contributed by atoms with Crippen molar-refractivity contribution in [2.45, 2.75) is 52.1 Å². The van der Waals surface area contributed by atoms with Gasteiger partial charge in [0.25, 0.3) is 0 Å². The van der Waals surface area contributed by atoms with Crippen molar-refractivity contribution >= 4 is 11.9 Å². The van der Waals surface area contributed by atoms with Gasteiger partial charge in [0.15, 0.2) is 0 Å². The van der Waals surface area contributed by atoms with Crippen LogP contribution in [-0.4, -0.2) is 45.7 Å². The van der Waals surface area contributed by atoms with Gasteiger partial charge in [0.1, 0.15) is 0 Å². The summed E-state index contributed by atoms with van der Waals surface area (Å²) in [6.45, 7) is 6.04. The summed E-state index contributed by atoms with van der Waals surface area (Å²) >= 11 is 0. The second-order valence-corrected chi connectivity index (χ2v) is 6.06. The molecule has 0 aromatic rings. The third-order valence-electron chi connectivity index (χ3n) is 3.64. The van der Waals surface area contributed by atoms with Crippen LogP contribution in [0.2, 0.25) is 0 Å². The molecular weight excluding hydrogens is 246 g/mol.